The number of hydrogen-bond donors (Lipinski definition) is 2. The smallest absolute Gasteiger partial charge is 0.282 e. The summed E-state index contributed by atoms with van der Waals surface area (Å²) in [5, 5.41) is 15.3. The fraction of sp³-hybridized carbons (Fsp3) is 0.0909. The molecule has 1 aromatic carbocycles. The number of H-pyrrole nitrogens is 1. The third-order valence-electron chi connectivity index (χ3n) is 2.52. The van der Waals surface area contributed by atoms with Gasteiger partial charge >= 0.3 is 0 Å². The molecule has 0 bridgehead atoms. The Bertz CT molecular complexity index is 757. The molecule has 3 aromatic rings. The number of nitrogens with zero attached hydrogens (tertiary/aromatic N) is 5. The summed E-state index contributed by atoms with van der Waals surface area (Å²) in [7, 11) is 1.42. The van der Waals surface area contributed by atoms with Crippen molar-refractivity contribution in [1.82, 2.24) is 30.6 Å². The molecule has 0 aliphatic heterocycles. The maximum Gasteiger partial charge on any atom is 0.282 e. The van der Waals surface area contributed by atoms with Crippen LogP contribution in [0.5, 0.6) is 5.88 Å². The van der Waals surface area contributed by atoms with Crippen LogP contribution in [0.25, 0.3) is 11.0 Å². The summed E-state index contributed by atoms with van der Waals surface area (Å²) in [6, 6.07) is 7.18. The van der Waals surface area contributed by atoms with Gasteiger partial charge < -0.3 is 4.74 Å². The van der Waals surface area contributed by atoms with E-state index in [9.17, 15) is 4.79 Å². The number of tetrazole rings is 1. The van der Waals surface area contributed by atoms with Crippen molar-refractivity contribution in [2.75, 3.05) is 12.4 Å². The molecular weight excluding hydrogens is 262 g/mol. The van der Waals surface area contributed by atoms with Crippen LogP contribution in [0.4, 0.5) is 5.95 Å². The number of hydrogen-bond acceptors (Lipinski definition) is 7. The van der Waals surface area contributed by atoms with Crippen LogP contribution in [0.3, 0.4) is 0 Å². The maximum atomic E-state index is 12.1. The number of nitrogens with one attached hydrogen (secondary N) is 2. The van der Waals surface area contributed by atoms with Crippen LogP contribution in [-0.2, 0) is 0 Å². The second kappa shape index (κ2) is 4.88. The number of methoxy groups -OCH3 is 1. The molecule has 2 N–H and O–H groups in total. The van der Waals surface area contributed by atoms with Crippen LogP contribution < -0.4 is 10.1 Å². The molecule has 0 saturated carbocycles. The zero-order valence-electron chi connectivity index (χ0n) is 10.4. The van der Waals surface area contributed by atoms with Crippen LogP contribution in [-0.4, -0.2) is 43.6 Å². The Balaban J connectivity index is 2.02. The van der Waals surface area contributed by atoms with Gasteiger partial charge in [-0.25, -0.2) is 9.97 Å². The zero-order chi connectivity index (χ0) is 13.9. The predicted octanol–water partition coefficient (Wildman–Crippen LogP) is 0.404. The number of fused-ring (bicyclic) bond motifs is 1. The molecule has 2 aromatic heterocycles. The van der Waals surface area contributed by atoms with Gasteiger partial charge in [0.25, 0.3) is 11.9 Å². The summed E-state index contributed by atoms with van der Waals surface area (Å²) in [6.07, 6.45) is 0. The quantitative estimate of drug-likeness (QED) is 0.707. The Labute approximate surface area is 112 Å². The van der Waals surface area contributed by atoms with Gasteiger partial charge in [0.2, 0.25) is 5.88 Å². The SMILES string of the molecule is COc1nc2ccccc2nc1C(=O)Nc1nn[nH]n1. The van der Waals surface area contributed by atoms with Gasteiger partial charge in [0, 0.05) is 0 Å². The Morgan fingerprint density at radius 1 is 1.25 bits per heavy atom. The van der Waals surface area contributed by atoms with Gasteiger partial charge in [0.15, 0.2) is 5.69 Å². The third-order valence-corrected chi connectivity index (χ3v) is 2.52. The van der Waals surface area contributed by atoms with Crippen molar-refractivity contribution in [3.05, 3.63) is 30.0 Å². The number of benzene rings is 1. The van der Waals surface area contributed by atoms with Crippen LogP contribution in [0, 0.1) is 0 Å². The molecule has 0 saturated heterocycles. The van der Waals surface area contributed by atoms with Gasteiger partial charge in [0.1, 0.15) is 0 Å². The highest BCUT2D eigenvalue weighted by atomic mass is 16.5. The largest absolute Gasteiger partial charge is 0.479 e. The number of anilines is 1. The van der Waals surface area contributed by atoms with Crippen molar-refractivity contribution in [3.63, 3.8) is 0 Å². The summed E-state index contributed by atoms with van der Waals surface area (Å²) in [4.78, 5) is 20.6. The van der Waals surface area contributed by atoms with E-state index in [-0.39, 0.29) is 17.5 Å². The van der Waals surface area contributed by atoms with E-state index >= 15 is 0 Å². The average molecular weight is 271 g/mol. The molecule has 0 aliphatic rings. The average Bonchev–Trinajstić information content (AvgIpc) is 2.98. The number of aromatic nitrogens is 6. The molecule has 0 aliphatic carbocycles. The van der Waals surface area contributed by atoms with Crippen molar-refractivity contribution in [2.24, 2.45) is 0 Å². The first-order valence-corrected chi connectivity index (χ1v) is 5.63. The van der Waals surface area contributed by atoms with E-state index in [0.717, 1.165) is 0 Å². The van der Waals surface area contributed by atoms with Crippen molar-refractivity contribution in [2.45, 2.75) is 0 Å². The van der Waals surface area contributed by atoms with Gasteiger partial charge in [-0.3, -0.25) is 10.1 Å². The summed E-state index contributed by atoms with van der Waals surface area (Å²) in [5.41, 5.74) is 1.28. The van der Waals surface area contributed by atoms with E-state index in [1.54, 1.807) is 12.1 Å². The van der Waals surface area contributed by atoms with Crippen molar-refractivity contribution < 1.29 is 9.53 Å². The van der Waals surface area contributed by atoms with E-state index in [2.05, 4.69) is 35.9 Å². The lowest BCUT2D eigenvalue weighted by Gasteiger charge is -2.07. The molecule has 0 atom stereocenters. The minimum absolute atomic E-state index is 0.0482. The van der Waals surface area contributed by atoms with E-state index in [0.29, 0.717) is 11.0 Å². The standard InChI is InChI=1S/C11H9N7O2/c1-20-10-8(9(19)14-11-15-17-18-16-11)12-6-4-2-3-5-7(6)13-10/h2-5H,1H3,(H2,14,15,16,17,18,19). The van der Waals surface area contributed by atoms with Crippen LogP contribution in [0.1, 0.15) is 10.5 Å². The second-order valence-electron chi connectivity index (χ2n) is 3.76. The molecule has 100 valence electrons. The van der Waals surface area contributed by atoms with Crippen LogP contribution in [0.15, 0.2) is 24.3 Å². The summed E-state index contributed by atoms with van der Waals surface area (Å²) in [5.74, 6) is -0.349. The summed E-state index contributed by atoms with van der Waals surface area (Å²) >= 11 is 0. The highest BCUT2D eigenvalue weighted by Crippen LogP contribution is 2.19. The summed E-state index contributed by atoms with van der Waals surface area (Å²) < 4.78 is 5.10. The molecule has 9 nitrogen and oxygen atoms in total. The normalized spacial score (nSPS) is 10.4. The number of ether oxygens (including phenoxy) is 1. The Morgan fingerprint density at radius 2 is 2.00 bits per heavy atom. The number of carbonyl (C=O) groups excluding carboxylic acids is 1. The first-order chi connectivity index (χ1) is 9.78. The first-order valence-electron chi connectivity index (χ1n) is 5.63. The van der Waals surface area contributed by atoms with E-state index in [4.69, 9.17) is 4.74 Å². The molecule has 20 heavy (non-hydrogen) atoms. The predicted molar refractivity (Wildman–Crippen MR) is 68.2 cm³/mol. The molecule has 0 radical (unpaired) electrons. The lowest BCUT2D eigenvalue weighted by atomic mass is 10.3. The number of para-hydroxylation sites is 2. The molecule has 1 amide bonds. The number of rotatable bonds is 3. The molecule has 0 spiro atoms. The lowest BCUT2D eigenvalue weighted by Crippen LogP contribution is -2.17. The zero-order valence-corrected chi connectivity index (χ0v) is 10.4. The van der Waals surface area contributed by atoms with E-state index in [1.807, 2.05) is 12.1 Å². The number of amides is 1. The van der Waals surface area contributed by atoms with Crippen molar-refractivity contribution >= 4 is 22.9 Å². The number of carbonyl (C=O) groups is 1. The Morgan fingerprint density at radius 3 is 2.65 bits per heavy atom. The van der Waals surface area contributed by atoms with Crippen LogP contribution >= 0.6 is 0 Å². The topological polar surface area (TPSA) is 119 Å². The molecule has 0 fully saturated rings. The van der Waals surface area contributed by atoms with E-state index < -0.39 is 5.91 Å². The first kappa shape index (κ1) is 12.0. The van der Waals surface area contributed by atoms with Gasteiger partial charge in [-0.1, -0.05) is 17.2 Å². The van der Waals surface area contributed by atoms with Crippen molar-refractivity contribution in [3.8, 4) is 5.88 Å². The molecular formula is C11H9N7O2. The second-order valence-corrected chi connectivity index (χ2v) is 3.76. The highest BCUT2D eigenvalue weighted by molar-refractivity contribution is 6.04. The molecule has 2 heterocycles. The Hall–Kier alpha value is -3.10. The molecule has 9 heteroatoms. The minimum Gasteiger partial charge on any atom is -0.479 e. The fourth-order valence-corrected chi connectivity index (χ4v) is 1.65. The minimum atomic E-state index is -0.526. The van der Waals surface area contributed by atoms with Gasteiger partial charge in [0.05, 0.1) is 18.1 Å². The monoisotopic (exact) mass is 271 g/mol. The van der Waals surface area contributed by atoms with Gasteiger partial charge in [-0.15, -0.1) is 5.10 Å². The van der Waals surface area contributed by atoms with Crippen molar-refractivity contribution in [1.29, 1.82) is 0 Å². The maximum absolute atomic E-state index is 12.1. The fourth-order valence-electron chi connectivity index (χ4n) is 1.65. The van der Waals surface area contributed by atoms with Gasteiger partial charge in [-0.2, -0.15) is 5.21 Å². The third kappa shape index (κ3) is 2.11. The number of aromatic amines is 1. The highest BCUT2D eigenvalue weighted by Gasteiger charge is 2.18. The lowest BCUT2D eigenvalue weighted by molar-refractivity contribution is 0.101. The Kier molecular flexibility index (Phi) is 2.92. The summed E-state index contributed by atoms with van der Waals surface area (Å²) in [6.45, 7) is 0. The van der Waals surface area contributed by atoms with E-state index in [1.165, 1.54) is 7.11 Å². The van der Waals surface area contributed by atoms with Crippen LogP contribution in [0.2, 0.25) is 0 Å². The van der Waals surface area contributed by atoms with Gasteiger partial charge in [-0.05, 0) is 17.3 Å². The molecule has 0 unspecified atom stereocenters. The molecule has 3 rings (SSSR count).